The Hall–Kier alpha value is -2.54. The fourth-order valence-corrected chi connectivity index (χ4v) is 1.92. The molecule has 0 saturated carbocycles. The third-order valence-electron chi connectivity index (χ3n) is 3.21. The molecule has 0 radical (unpaired) electrons. The third-order valence-corrected chi connectivity index (χ3v) is 3.21. The van der Waals surface area contributed by atoms with E-state index in [1.807, 2.05) is 36.2 Å². The topological polar surface area (TPSA) is 65.9 Å². The Balaban J connectivity index is 2.28. The van der Waals surface area contributed by atoms with E-state index in [-0.39, 0.29) is 6.04 Å². The van der Waals surface area contributed by atoms with Crippen molar-refractivity contribution in [2.45, 2.75) is 13.0 Å². The Morgan fingerprint density at radius 3 is 2.79 bits per heavy atom. The average molecular weight is 252 g/mol. The first-order chi connectivity index (χ1) is 9.11. The largest absolute Gasteiger partial charge is 0.399 e. The molecule has 1 unspecified atom stereocenters. The molecule has 1 aromatic heterocycles. The highest BCUT2D eigenvalue weighted by Gasteiger charge is 2.13. The Morgan fingerprint density at radius 1 is 1.32 bits per heavy atom. The van der Waals surface area contributed by atoms with Crippen molar-refractivity contribution in [3.63, 3.8) is 0 Å². The number of nitriles is 1. The maximum absolute atomic E-state index is 8.92. The fourth-order valence-electron chi connectivity index (χ4n) is 1.92. The highest BCUT2D eigenvalue weighted by Crippen LogP contribution is 2.25. The van der Waals surface area contributed by atoms with Gasteiger partial charge in [-0.05, 0) is 36.8 Å². The first-order valence-electron chi connectivity index (χ1n) is 6.06. The number of anilines is 2. The number of nitrogen functional groups attached to an aromatic ring is 1. The van der Waals surface area contributed by atoms with Crippen molar-refractivity contribution in [3.05, 3.63) is 53.7 Å². The van der Waals surface area contributed by atoms with Crippen LogP contribution in [-0.4, -0.2) is 12.0 Å². The zero-order valence-electron chi connectivity index (χ0n) is 11.0. The maximum atomic E-state index is 8.92. The summed E-state index contributed by atoms with van der Waals surface area (Å²) < 4.78 is 0. The normalized spacial score (nSPS) is 11.6. The molecule has 1 atom stereocenters. The fraction of sp³-hybridized carbons (Fsp3) is 0.200. The van der Waals surface area contributed by atoms with Crippen LogP contribution in [0.5, 0.6) is 0 Å². The van der Waals surface area contributed by atoms with Gasteiger partial charge in [-0.2, -0.15) is 5.26 Å². The molecule has 1 aromatic carbocycles. The van der Waals surface area contributed by atoms with E-state index in [1.165, 1.54) is 0 Å². The molecule has 4 heteroatoms. The molecule has 96 valence electrons. The standard InChI is InChI=1S/C15H16N4/c1-11(13-4-3-5-14(17)9-13)19(2)15-8-12(10-16)6-7-18-15/h3-9,11H,17H2,1-2H3. The van der Waals surface area contributed by atoms with Gasteiger partial charge in [-0.1, -0.05) is 12.1 Å². The molecule has 2 aromatic rings. The van der Waals surface area contributed by atoms with Crippen LogP contribution in [0.4, 0.5) is 11.5 Å². The van der Waals surface area contributed by atoms with Crippen LogP contribution in [0.3, 0.4) is 0 Å². The van der Waals surface area contributed by atoms with Crippen LogP contribution in [0.2, 0.25) is 0 Å². The monoisotopic (exact) mass is 252 g/mol. The van der Waals surface area contributed by atoms with E-state index in [2.05, 4.69) is 18.0 Å². The molecule has 2 rings (SSSR count). The van der Waals surface area contributed by atoms with Crippen molar-refractivity contribution >= 4 is 11.5 Å². The predicted octanol–water partition coefficient (Wildman–Crippen LogP) is 2.73. The van der Waals surface area contributed by atoms with Gasteiger partial charge in [0.15, 0.2) is 0 Å². The smallest absolute Gasteiger partial charge is 0.130 e. The van der Waals surface area contributed by atoms with Crippen molar-refractivity contribution in [1.82, 2.24) is 4.98 Å². The number of pyridine rings is 1. The van der Waals surface area contributed by atoms with Crippen LogP contribution in [0.15, 0.2) is 42.6 Å². The van der Waals surface area contributed by atoms with Gasteiger partial charge in [0, 0.05) is 18.9 Å². The molecule has 0 saturated heterocycles. The minimum atomic E-state index is 0.130. The van der Waals surface area contributed by atoms with Crippen LogP contribution >= 0.6 is 0 Å². The molecule has 0 aliphatic rings. The second-order valence-corrected chi connectivity index (χ2v) is 4.47. The number of hydrogen-bond acceptors (Lipinski definition) is 4. The molecule has 0 aliphatic heterocycles. The van der Waals surface area contributed by atoms with Gasteiger partial charge in [0.1, 0.15) is 5.82 Å². The molecular weight excluding hydrogens is 236 g/mol. The van der Waals surface area contributed by atoms with E-state index in [4.69, 9.17) is 11.0 Å². The number of benzene rings is 1. The number of nitrogens with two attached hydrogens (primary N) is 1. The molecule has 0 aliphatic carbocycles. The van der Waals surface area contributed by atoms with Gasteiger partial charge in [-0.15, -0.1) is 0 Å². The Labute approximate surface area is 113 Å². The predicted molar refractivity (Wildman–Crippen MR) is 76.6 cm³/mol. The summed E-state index contributed by atoms with van der Waals surface area (Å²) in [6.45, 7) is 2.08. The molecule has 2 N–H and O–H groups in total. The summed E-state index contributed by atoms with van der Waals surface area (Å²) in [5.74, 6) is 0.772. The van der Waals surface area contributed by atoms with Crippen LogP contribution in [0.25, 0.3) is 0 Å². The molecule has 0 bridgehead atoms. The second-order valence-electron chi connectivity index (χ2n) is 4.47. The van der Waals surface area contributed by atoms with Crippen molar-refractivity contribution < 1.29 is 0 Å². The molecule has 4 nitrogen and oxygen atoms in total. The van der Waals surface area contributed by atoms with E-state index in [1.54, 1.807) is 18.3 Å². The summed E-state index contributed by atoms with van der Waals surface area (Å²) in [5.41, 5.74) is 8.28. The lowest BCUT2D eigenvalue weighted by atomic mass is 10.1. The van der Waals surface area contributed by atoms with Gasteiger partial charge in [0.05, 0.1) is 17.7 Å². The van der Waals surface area contributed by atoms with E-state index in [0.29, 0.717) is 5.56 Å². The first kappa shape index (κ1) is 12.9. The Bertz CT molecular complexity index is 616. The van der Waals surface area contributed by atoms with Gasteiger partial charge >= 0.3 is 0 Å². The van der Waals surface area contributed by atoms with Gasteiger partial charge in [0.25, 0.3) is 0 Å². The summed E-state index contributed by atoms with van der Waals surface area (Å²) in [4.78, 5) is 6.32. The van der Waals surface area contributed by atoms with Crippen LogP contribution in [-0.2, 0) is 0 Å². The van der Waals surface area contributed by atoms with E-state index in [0.717, 1.165) is 17.1 Å². The van der Waals surface area contributed by atoms with Crippen LogP contribution in [0.1, 0.15) is 24.1 Å². The van der Waals surface area contributed by atoms with Gasteiger partial charge in [-0.25, -0.2) is 4.98 Å². The number of hydrogen-bond donors (Lipinski definition) is 1. The minimum Gasteiger partial charge on any atom is -0.399 e. The number of rotatable bonds is 3. The van der Waals surface area contributed by atoms with E-state index in [9.17, 15) is 0 Å². The summed E-state index contributed by atoms with van der Waals surface area (Å²) in [6, 6.07) is 13.5. The number of aromatic nitrogens is 1. The summed E-state index contributed by atoms with van der Waals surface area (Å²) >= 11 is 0. The Kier molecular flexibility index (Phi) is 3.67. The van der Waals surface area contributed by atoms with Gasteiger partial charge in [0.2, 0.25) is 0 Å². The zero-order chi connectivity index (χ0) is 13.8. The molecule has 0 spiro atoms. The van der Waals surface area contributed by atoms with Gasteiger partial charge < -0.3 is 10.6 Å². The molecule has 1 heterocycles. The third kappa shape index (κ3) is 2.83. The molecular formula is C15H16N4. The molecule has 0 amide bonds. The van der Waals surface area contributed by atoms with Crippen molar-refractivity contribution in [3.8, 4) is 6.07 Å². The van der Waals surface area contributed by atoms with Crippen LogP contribution < -0.4 is 10.6 Å². The summed E-state index contributed by atoms with van der Waals surface area (Å²) in [5, 5.41) is 8.92. The van der Waals surface area contributed by atoms with Crippen molar-refractivity contribution in [2.24, 2.45) is 0 Å². The Morgan fingerprint density at radius 2 is 2.11 bits per heavy atom. The lowest BCUT2D eigenvalue weighted by molar-refractivity contribution is 0.729. The summed E-state index contributed by atoms with van der Waals surface area (Å²) in [7, 11) is 1.96. The quantitative estimate of drug-likeness (QED) is 0.853. The van der Waals surface area contributed by atoms with E-state index < -0.39 is 0 Å². The van der Waals surface area contributed by atoms with E-state index >= 15 is 0 Å². The second kappa shape index (κ2) is 5.40. The van der Waals surface area contributed by atoms with Crippen molar-refractivity contribution in [1.29, 1.82) is 5.26 Å². The van der Waals surface area contributed by atoms with Crippen LogP contribution in [0, 0.1) is 11.3 Å². The first-order valence-corrected chi connectivity index (χ1v) is 6.06. The molecule has 19 heavy (non-hydrogen) atoms. The zero-order valence-corrected chi connectivity index (χ0v) is 11.0. The van der Waals surface area contributed by atoms with Gasteiger partial charge in [-0.3, -0.25) is 0 Å². The lowest BCUT2D eigenvalue weighted by Gasteiger charge is -2.26. The average Bonchev–Trinajstić information content (AvgIpc) is 2.45. The highest BCUT2D eigenvalue weighted by molar-refractivity contribution is 5.48. The molecule has 0 fully saturated rings. The summed E-state index contributed by atoms with van der Waals surface area (Å²) in [6.07, 6.45) is 1.65. The maximum Gasteiger partial charge on any atom is 0.130 e. The highest BCUT2D eigenvalue weighted by atomic mass is 15.2. The number of nitrogens with zero attached hydrogens (tertiary/aromatic N) is 3. The SMILES string of the molecule is CC(c1cccc(N)c1)N(C)c1cc(C#N)ccn1. The van der Waals surface area contributed by atoms with Crippen molar-refractivity contribution in [2.75, 3.05) is 17.7 Å². The minimum absolute atomic E-state index is 0.130. The lowest BCUT2D eigenvalue weighted by Crippen LogP contribution is -2.22.